The summed E-state index contributed by atoms with van der Waals surface area (Å²) in [7, 11) is 0. The minimum atomic E-state index is -0.0610. The van der Waals surface area contributed by atoms with Crippen LogP contribution in [0.15, 0.2) is 71.3 Å². The fraction of sp³-hybridized carbons (Fsp3) is 0.280. The molecule has 1 aliphatic carbocycles. The van der Waals surface area contributed by atoms with E-state index in [9.17, 15) is 4.79 Å². The van der Waals surface area contributed by atoms with Crippen LogP contribution in [0, 0.1) is 0 Å². The first kappa shape index (κ1) is 17.9. The summed E-state index contributed by atoms with van der Waals surface area (Å²) in [5.74, 6) is 0.362. The third kappa shape index (κ3) is 3.09. The van der Waals surface area contributed by atoms with Gasteiger partial charge in [0.2, 0.25) is 5.76 Å². The minimum absolute atomic E-state index is 0.0610. The van der Waals surface area contributed by atoms with Gasteiger partial charge in [0, 0.05) is 30.5 Å². The molecule has 1 spiro atoms. The van der Waals surface area contributed by atoms with Gasteiger partial charge in [-0.05, 0) is 29.5 Å². The fourth-order valence-electron chi connectivity index (χ4n) is 4.64. The molecule has 4 heteroatoms. The zero-order valence-electron chi connectivity index (χ0n) is 16.5. The van der Waals surface area contributed by atoms with Crippen molar-refractivity contribution in [3.8, 4) is 0 Å². The molecule has 1 saturated heterocycles. The highest BCUT2D eigenvalue weighted by Gasteiger charge is 2.39. The molecule has 0 saturated carbocycles. The molecule has 3 aromatic rings. The number of hydrogen-bond donors (Lipinski definition) is 0. The van der Waals surface area contributed by atoms with Crippen LogP contribution in [0.2, 0.25) is 0 Å². The molecule has 29 heavy (non-hydrogen) atoms. The quantitative estimate of drug-likeness (QED) is 0.636. The topological polar surface area (TPSA) is 46.3 Å². The number of aromatic nitrogens is 1. The smallest absolute Gasteiger partial charge is 0.292 e. The minimum Gasteiger partial charge on any atom is -0.351 e. The first-order valence-corrected chi connectivity index (χ1v) is 10.3. The summed E-state index contributed by atoms with van der Waals surface area (Å²) >= 11 is 0. The number of fused-ring (bicyclic) bond motifs is 2. The van der Waals surface area contributed by atoms with E-state index in [2.05, 4.69) is 60.6 Å². The number of amides is 1. The Morgan fingerprint density at radius 2 is 1.79 bits per heavy atom. The molecular weight excluding hydrogens is 360 g/mol. The average molecular weight is 384 g/mol. The number of hydrogen-bond acceptors (Lipinski definition) is 3. The highest BCUT2D eigenvalue weighted by Crippen LogP contribution is 2.43. The van der Waals surface area contributed by atoms with Crippen molar-refractivity contribution < 1.29 is 9.32 Å². The maximum atomic E-state index is 13.0. The van der Waals surface area contributed by atoms with Crippen LogP contribution in [0.4, 0.5) is 0 Å². The predicted molar refractivity (Wildman–Crippen MR) is 113 cm³/mol. The van der Waals surface area contributed by atoms with Gasteiger partial charge in [-0.2, -0.15) is 0 Å². The van der Waals surface area contributed by atoms with E-state index in [0.717, 1.165) is 37.2 Å². The lowest BCUT2D eigenvalue weighted by molar-refractivity contribution is 0.0648. The Morgan fingerprint density at radius 3 is 2.59 bits per heavy atom. The summed E-state index contributed by atoms with van der Waals surface area (Å²) in [6, 6.07) is 20.5. The van der Waals surface area contributed by atoms with Gasteiger partial charge in [-0.1, -0.05) is 78.8 Å². The van der Waals surface area contributed by atoms with Crippen LogP contribution in [-0.4, -0.2) is 29.1 Å². The molecule has 0 unspecified atom stereocenters. The second kappa shape index (κ2) is 7.03. The molecular formula is C25H24N2O2. The highest BCUT2D eigenvalue weighted by molar-refractivity contribution is 5.91. The first-order valence-electron chi connectivity index (χ1n) is 10.3. The van der Waals surface area contributed by atoms with Crippen LogP contribution in [0.25, 0.3) is 6.08 Å². The number of benzene rings is 2. The van der Waals surface area contributed by atoms with Crippen molar-refractivity contribution in [2.45, 2.75) is 31.1 Å². The average Bonchev–Trinajstić information content (AvgIpc) is 3.41. The van der Waals surface area contributed by atoms with E-state index in [0.29, 0.717) is 5.76 Å². The number of rotatable bonds is 3. The van der Waals surface area contributed by atoms with E-state index in [1.807, 2.05) is 23.1 Å². The van der Waals surface area contributed by atoms with Crippen molar-refractivity contribution in [2.24, 2.45) is 0 Å². The zero-order valence-corrected chi connectivity index (χ0v) is 16.5. The zero-order chi connectivity index (χ0) is 19.8. The Labute approximate surface area is 170 Å². The molecule has 1 aliphatic heterocycles. The predicted octanol–water partition coefficient (Wildman–Crippen LogP) is 5.03. The first-order chi connectivity index (χ1) is 14.2. The summed E-state index contributed by atoms with van der Waals surface area (Å²) < 4.78 is 5.44. The third-order valence-corrected chi connectivity index (χ3v) is 6.50. The van der Waals surface area contributed by atoms with Gasteiger partial charge in [0.15, 0.2) is 0 Å². The van der Waals surface area contributed by atoms with Crippen LogP contribution >= 0.6 is 0 Å². The van der Waals surface area contributed by atoms with Crippen molar-refractivity contribution in [3.63, 3.8) is 0 Å². The van der Waals surface area contributed by atoms with E-state index >= 15 is 0 Å². The number of carbonyl (C=O) groups excluding carboxylic acids is 1. The summed E-state index contributed by atoms with van der Waals surface area (Å²) in [5.41, 5.74) is 4.72. The maximum absolute atomic E-state index is 13.0. The Bertz CT molecular complexity index is 1060. The Morgan fingerprint density at radius 1 is 1.07 bits per heavy atom. The molecule has 1 fully saturated rings. The van der Waals surface area contributed by atoms with Crippen molar-refractivity contribution in [2.75, 3.05) is 13.1 Å². The molecule has 2 heterocycles. The second-order valence-corrected chi connectivity index (χ2v) is 8.12. The van der Waals surface area contributed by atoms with E-state index in [1.165, 1.54) is 11.1 Å². The Kier molecular flexibility index (Phi) is 4.35. The maximum Gasteiger partial charge on any atom is 0.292 e. The van der Waals surface area contributed by atoms with Gasteiger partial charge in [-0.3, -0.25) is 4.79 Å². The van der Waals surface area contributed by atoms with E-state index in [-0.39, 0.29) is 17.2 Å². The lowest BCUT2D eigenvalue weighted by Crippen LogP contribution is -2.43. The van der Waals surface area contributed by atoms with Gasteiger partial charge < -0.3 is 9.42 Å². The van der Waals surface area contributed by atoms with Gasteiger partial charge >= 0.3 is 0 Å². The van der Waals surface area contributed by atoms with Crippen LogP contribution in [-0.2, 0) is 5.41 Å². The SMILES string of the molecule is C[C@H](c1ccccc1)c1cc(C(=O)N2CCC3(C=Cc4ccccc43)CC2)on1. The van der Waals surface area contributed by atoms with Crippen molar-refractivity contribution in [3.05, 3.63) is 94.9 Å². The van der Waals surface area contributed by atoms with Gasteiger partial charge in [-0.15, -0.1) is 0 Å². The molecule has 2 aromatic carbocycles. The highest BCUT2D eigenvalue weighted by atomic mass is 16.5. The molecule has 146 valence electrons. The van der Waals surface area contributed by atoms with Crippen molar-refractivity contribution in [1.82, 2.24) is 10.1 Å². The molecule has 1 amide bonds. The lowest BCUT2D eigenvalue weighted by Gasteiger charge is -2.38. The van der Waals surface area contributed by atoms with E-state index in [1.54, 1.807) is 6.07 Å². The molecule has 1 atom stereocenters. The molecule has 4 nitrogen and oxygen atoms in total. The Balaban J connectivity index is 1.29. The summed E-state index contributed by atoms with van der Waals surface area (Å²) in [6.45, 7) is 3.53. The molecule has 0 N–H and O–H groups in total. The van der Waals surface area contributed by atoms with Crippen LogP contribution in [0.1, 0.15) is 58.6 Å². The number of allylic oxidation sites excluding steroid dienone is 1. The summed E-state index contributed by atoms with van der Waals surface area (Å²) in [5, 5.41) is 4.18. The monoisotopic (exact) mass is 384 g/mol. The van der Waals surface area contributed by atoms with Crippen molar-refractivity contribution >= 4 is 12.0 Å². The van der Waals surface area contributed by atoms with Gasteiger partial charge in [0.05, 0.1) is 5.69 Å². The normalized spacial score (nSPS) is 18.0. The van der Waals surface area contributed by atoms with Gasteiger partial charge in [0.25, 0.3) is 5.91 Å². The molecule has 0 radical (unpaired) electrons. The second-order valence-electron chi connectivity index (χ2n) is 8.12. The van der Waals surface area contributed by atoms with Crippen LogP contribution in [0.3, 0.4) is 0 Å². The molecule has 1 aromatic heterocycles. The van der Waals surface area contributed by atoms with Gasteiger partial charge in [-0.25, -0.2) is 0 Å². The largest absolute Gasteiger partial charge is 0.351 e. The Hall–Kier alpha value is -3.14. The number of likely N-dealkylation sites (tertiary alicyclic amines) is 1. The lowest BCUT2D eigenvalue weighted by atomic mass is 9.74. The standard InChI is InChI=1S/C25H24N2O2/c1-18(19-7-3-2-4-8-19)22-17-23(29-26-22)24(28)27-15-13-25(14-16-27)12-11-20-9-5-6-10-21(20)25/h2-12,17-18H,13-16H2,1H3/t18-/m1/s1. The van der Waals surface area contributed by atoms with E-state index < -0.39 is 0 Å². The summed E-state index contributed by atoms with van der Waals surface area (Å²) in [6.07, 6.45) is 6.43. The van der Waals surface area contributed by atoms with Gasteiger partial charge in [0.1, 0.15) is 0 Å². The fourth-order valence-corrected chi connectivity index (χ4v) is 4.64. The number of piperidine rings is 1. The van der Waals surface area contributed by atoms with Crippen LogP contribution in [0.5, 0.6) is 0 Å². The molecule has 2 aliphatic rings. The number of nitrogens with zero attached hydrogens (tertiary/aromatic N) is 2. The summed E-state index contributed by atoms with van der Waals surface area (Å²) in [4.78, 5) is 14.9. The van der Waals surface area contributed by atoms with E-state index in [4.69, 9.17) is 4.52 Å². The number of carbonyl (C=O) groups is 1. The molecule has 0 bridgehead atoms. The third-order valence-electron chi connectivity index (χ3n) is 6.50. The van der Waals surface area contributed by atoms with Crippen molar-refractivity contribution in [1.29, 1.82) is 0 Å². The van der Waals surface area contributed by atoms with Crippen LogP contribution < -0.4 is 0 Å². The molecule has 5 rings (SSSR count).